The van der Waals surface area contributed by atoms with Crippen molar-refractivity contribution >= 4 is 5.91 Å². The summed E-state index contributed by atoms with van der Waals surface area (Å²) in [6.07, 6.45) is 0.613. The number of hydrogen-bond donors (Lipinski definition) is 3. The first-order chi connectivity index (χ1) is 10.7. The molecule has 1 amide bonds. The van der Waals surface area contributed by atoms with Gasteiger partial charge in [-0.3, -0.25) is 9.89 Å². The summed E-state index contributed by atoms with van der Waals surface area (Å²) in [7, 11) is 0. The van der Waals surface area contributed by atoms with E-state index in [0.717, 1.165) is 22.7 Å². The summed E-state index contributed by atoms with van der Waals surface area (Å²) in [4.78, 5) is 12.3. The third-order valence-corrected chi connectivity index (χ3v) is 4.12. The van der Waals surface area contributed by atoms with E-state index in [1.165, 1.54) is 0 Å². The van der Waals surface area contributed by atoms with Crippen molar-refractivity contribution in [2.45, 2.75) is 46.6 Å². The van der Waals surface area contributed by atoms with Crippen molar-refractivity contribution in [3.63, 3.8) is 0 Å². The third kappa shape index (κ3) is 4.01. The highest BCUT2D eigenvalue weighted by molar-refractivity contribution is 5.78. The lowest BCUT2D eigenvalue weighted by Crippen LogP contribution is -2.41. The normalized spacial score (nSPS) is 15.2. The molecule has 2 atom stereocenters. The van der Waals surface area contributed by atoms with Crippen LogP contribution in [0.4, 0.5) is 0 Å². The van der Waals surface area contributed by atoms with Crippen LogP contribution in [-0.2, 0) is 16.8 Å². The zero-order chi connectivity index (χ0) is 17.2. The van der Waals surface area contributed by atoms with Crippen LogP contribution in [0.1, 0.15) is 42.3 Å². The molecular weight excluding hydrogens is 294 g/mol. The second-order valence-electron chi connectivity index (χ2n) is 6.42. The van der Waals surface area contributed by atoms with Gasteiger partial charge in [0.15, 0.2) is 0 Å². The number of amides is 1. The second-order valence-corrected chi connectivity index (χ2v) is 6.42. The summed E-state index contributed by atoms with van der Waals surface area (Å²) < 4.78 is 5.44. The third-order valence-electron chi connectivity index (χ3n) is 4.12. The van der Waals surface area contributed by atoms with Crippen molar-refractivity contribution in [1.29, 1.82) is 0 Å². The number of aryl methyl sites for hydroxylation is 3. The summed E-state index contributed by atoms with van der Waals surface area (Å²) in [5.41, 5.74) is 1.74. The van der Waals surface area contributed by atoms with Crippen LogP contribution in [0.5, 0.6) is 0 Å². The molecule has 0 aliphatic rings. The minimum absolute atomic E-state index is 0.103. The summed E-state index contributed by atoms with van der Waals surface area (Å²) >= 11 is 0. The SMILES string of the molecule is Cc1ccc(C(C)(O)CNC(=O)C(C)Cc2c(C)n[nH]c2C)o1. The molecule has 0 bridgehead atoms. The molecule has 0 aliphatic carbocycles. The number of carbonyl (C=O) groups is 1. The van der Waals surface area contributed by atoms with Crippen LogP contribution in [-0.4, -0.2) is 27.8 Å². The number of carbonyl (C=O) groups excluding carboxylic acids is 1. The molecule has 2 aromatic heterocycles. The number of furan rings is 1. The maximum atomic E-state index is 12.3. The lowest BCUT2D eigenvalue weighted by atomic mass is 9.98. The zero-order valence-electron chi connectivity index (χ0n) is 14.4. The van der Waals surface area contributed by atoms with Gasteiger partial charge in [-0.25, -0.2) is 0 Å². The Morgan fingerprint density at radius 1 is 1.43 bits per heavy atom. The van der Waals surface area contributed by atoms with Gasteiger partial charge in [-0.2, -0.15) is 5.10 Å². The molecule has 126 valence electrons. The predicted octanol–water partition coefficient (Wildman–Crippen LogP) is 2.13. The molecule has 2 aromatic rings. The first-order valence-corrected chi connectivity index (χ1v) is 7.78. The van der Waals surface area contributed by atoms with E-state index in [1.54, 1.807) is 19.1 Å². The Bertz CT molecular complexity index is 666. The standard InChI is InChI=1S/C17H25N3O3/c1-10(8-14-12(3)19-20-13(14)4)16(21)18-9-17(5,22)15-7-6-11(2)23-15/h6-7,10,22H,8-9H2,1-5H3,(H,18,21)(H,19,20). The van der Waals surface area contributed by atoms with Crippen molar-refractivity contribution in [1.82, 2.24) is 15.5 Å². The maximum Gasteiger partial charge on any atom is 0.223 e. The van der Waals surface area contributed by atoms with E-state index in [2.05, 4.69) is 15.5 Å². The molecule has 0 saturated heterocycles. The van der Waals surface area contributed by atoms with Crippen molar-refractivity contribution < 1.29 is 14.3 Å². The van der Waals surface area contributed by atoms with Crippen LogP contribution in [0.3, 0.4) is 0 Å². The topological polar surface area (TPSA) is 91.1 Å². The smallest absolute Gasteiger partial charge is 0.223 e. The molecular formula is C17H25N3O3. The van der Waals surface area contributed by atoms with Crippen LogP contribution in [0.25, 0.3) is 0 Å². The summed E-state index contributed by atoms with van der Waals surface area (Å²) in [5.74, 6) is 0.864. The molecule has 0 aliphatic heterocycles. The number of nitrogens with one attached hydrogen (secondary N) is 2. The maximum absolute atomic E-state index is 12.3. The van der Waals surface area contributed by atoms with Crippen LogP contribution in [0.2, 0.25) is 0 Å². The largest absolute Gasteiger partial charge is 0.463 e. The van der Waals surface area contributed by atoms with Gasteiger partial charge in [0.05, 0.1) is 12.2 Å². The average Bonchev–Trinajstić information content (AvgIpc) is 3.06. The monoisotopic (exact) mass is 319 g/mol. The van der Waals surface area contributed by atoms with Gasteiger partial charge in [0, 0.05) is 11.6 Å². The van der Waals surface area contributed by atoms with Gasteiger partial charge in [0.25, 0.3) is 0 Å². The summed E-state index contributed by atoms with van der Waals surface area (Å²) in [5, 5.41) is 20.3. The van der Waals surface area contributed by atoms with Gasteiger partial charge in [-0.1, -0.05) is 6.92 Å². The van der Waals surface area contributed by atoms with Gasteiger partial charge >= 0.3 is 0 Å². The fourth-order valence-electron chi connectivity index (χ4n) is 2.52. The number of hydrogen-bond acceptors (Lipinski definition) is 4. The number of aliphatic hydroxyl groups is 1. The van der Waals surface area contributed by atoms with Crippen LogP contribution in [0.15, 0.2) is 16.5 Å². The molecule has 0 aromatic carbocycles. The molecule has 23 heavy (non-hydrogen) atoms. The minimum atomic E-state index is -1.23. The minimum Gasteiger partial charge on any atom is -0.463 e. The second kappa shape index (κ2) is 6.58. The van der Waals surface area contributed by atoms with E-state index in [4.69, 9.17) is 4.42 Å². The highest BCUT2D eigenvalue weighted by Gasteiger charge is 2.28. The Kier molecular flexibility index (Phi) is 4.94. The van der Waals surface area contributed by atoms with Gasteiger partial charge in [0.1, 0.15) is 17.1 Å². The van der Waals surface area contributed by atoms with Gasteiger partial charge in [-0.15, -0.1) is 0 Å². The number of aromatic amines is 1. The first kappa shape index (κ1) is 17.3. The summed E-state index contributed by atoms with van der Waals surface area (Å²) in [6.45, 7) is 9.29. The fourth-order valence-corrected chi connectivity index (χ4v) is 2.52. The molecule has 6 heteroatoms. The number of H-pyrrole nitrogens is 1. The van der Waals surface area contributed by atoms with E-state index in [0.29, 0.717) is 12.2 Å². The van der Waals surface area contributed by atoms with Gasteiger partial charge < -0.3 is 14.8 Å². The average molecular weight is 319 g/mol. The summed E-state index contributed by atoms with van der Waals surface area (Å²) in [6, 6.07) is 3.52. The highest BCUT2D eigenvalue weighted by Crippen LogP contribution is 2.22. The molecule has 2 unspecified atom stereocenters. The van der Waals surface area contributed by atoms with Gasteiger partial charge in [0.2, 0.25) is 5.91 Å². The van der Waals surface area contributed by atoms with E-state index >= 15 is 0 Å². The highest BCUT2D eigenvalue weighted by atomic mass is 16.4. The van der Waals surface area contributed by atoms with Crippen molar-refractivity contribution in [3.8, 4) is 0 Å². The van der Waals surface area contributed by atoms with Crippen LogP contribution >= 0.6 is 0 Å². The van der Waals surface area contributed by atoms with Crippen LogP contribution in [0, 0.1) is 26.7 Å². The Morgan fingerprint density at radius 2 is 2.13 bits per heavy atom. The molecule has 0 radical (unpaired) electrons. The predicted molar refractivity (Wildman–Crippen MR) is 87.0 cm³/mol. The molecule has 0 spiro atoms. The number of nitrogens with zero attached hydrogens (tertiary/aromatic N) is 1. The van der Waals surface area contributed by atoms with Crippen molar-refractivity contribution in [2.24, 2.45) is 5.92 Å². The first-order valence-electron chi connectivity index (χ1n) is 7.78. The number of rotatable bonds is 6. The number of aromatic nitrogens is 2. The molecule has 0 fully saturated rings. The fraction of sp³-hybridized carbons (Fsp3) is 0.529. The Hall–Kier alpha value is -2.08. The lowest BCUT2D eigenvalue weighted by molar-refractivity contribution is -0.125. The van der Waals surface area contributed by atoms with E-state index < -0.39 is 5.60 Å². The zero-order valence-corrected chi connectivity index (χ0v) is 14.4. The lowest BCUT2D eigenvalue weighted by Gasteiger charge is -2.22. The molecule has 2 rings (SSSR count). The quantitative estimate of drug-likeness (QED) is 0.760. The molecule has 2 heterocycles. The van der Waals surface area contributed by atoms with Crippen molar-refractivity contribution in [2.75, 3.05) is 6.54 Å². The molecule has 0 saturated carbocycles. The molecule has 3 N–H and O–H groups in total. The van der Waals surface area contributed by atoms with E-state index in [1.807, 2.05) is 27.7 Å². The van der Waals surface area contributed by atoms with Crippen LogP contribution < -0.4 is 5.32 Å². The van der Waals surface area contributed by atoms with Crippen molar-refractivity contribution in [3.05, 3.63) is 40.6 Å². The van der Waals surface area contributed by atoms with E-state index in [-0.39, 0.29) is 18.4 Å². The Labute approximate surface area is 136 Å². The molecule has 6 nitrogen and oxygen atoms in total. The Morgan fingerprint density at radius 3 is 2.65 bits per heavy atom. The van der Waals surface area contributed by atoms with Gasteiger partial charge in [-0.05, 0) is 51.8 Å². The van der Waals surface area contributed by atoms with E-state index in [9.17, 15) is 9.90 Å². The Balaban J connectivity index is 1.94.